The Morgan fingerprint density at radius 1 is 1.24 bits per heavy atom. The molecule has 0 saturated carbocycles. The monoisotopic (exact) mass is 685 g/mol. The van der Waals surface area contributed by atoms with Gasteiger partial charge < -0.3 is 25.6 Å². The van der Waals surface area contributed by atoms with Crippen LogP contribution in [-0.2, 0) is 34.4 Å². The van der Waals surface area contributed by atoms with Crippen molar-refractivity contribution in [3.63, 3.8) is 0 Å². The number of fused-ring (bicyclic) bond motifs is 1. The Kier molecular flexibility index (Phi) is 11.5. The molecule has 1 aliphatic heterocycles. The molecule has 0 aliphatic carbocycles. The molecule has 0 radical (unpaired) electrons. The smallest absolute Gasteiger partial charge is 0.406 e. The molecule has 5 atom stereocenters. The van der Waals surface area contributed by atoms with Gasteiger partial charge in [0.1, 0.15) is 28.9 Å². The number of anilines is 1. The third-order valence-electron chi connectivity index (χ3n) is 7.08. The Balaban J connectivity index is 1.40. The van der Waals surface area contributed by atoms with Crippen molar-refractivity contribution in [2.75, 3.05) is 38.4 Å². The van der Waals surface area contributed by atoms with Gasteiger partial charge in [0.05, 0.1) is 32.1 Å². The molecule has 246 valence electrons. The van der Waals surface area contributed by atoms with Gasteiger partial charge >= 0.3 is 13.8 Å². The number of aromatic nitrogens is 4. The predicted molar refractivity (Wildman–Crippen MR) is 168 cm³/mol. The highest BCUT2D eigenvalue weighted by atomic mass is 35.5. The number of ether oxygens (including phenoxy) is 2. The van der Waals surface area contributed by atoms with Crippen LogP contribution < -0.4 is 16.1 Å². The SMILES string of the molecule is COC(=O)NCC(C)(C)C(=O)SCCO[P@](=O)(NCc1ccccc1)OC[C@H]1O[C@@H](n2cnc3c(N)ncnc32)[C@](C)(Cl)[C@@H]1O. The van der Waals surface area contributed by atoms with Crippen LogP contribution in [-0.4, -0.2) is 85.5 Å². The number of halogens is 1. The van der Waals surface area contributed by atoms with Gasteiger partial charge in [0, 0.05) is 18.8 Å². The number of thioether (sulfide) groups is 1. The number of imidazole rings is 1. The number of hydrogen-bond acceptors (Lipinski definition) is 13. The van der Waals surface area contributed by atoms with Crippen LogP contribution in [0.1, 0.15) is 32.6 Å². The first-order valence-electron chi connectivity index (χ1n) is 13.9. The molecule has 4 rings (SSSR count). The Bertz CT molecular complexity index is 1530. The normalized spacial score (nSPS) is 23.1. The van der Waals surface area contributed by atoms with Gasteiger partial charge in [-0.3, -0.25) is 18.4 Å². The second-order valence-electron chi connectivity index (χ2n) is 11.0. The largest absolute Gasteiger partial charge is 0.453 e. The van der Waals surface area contributed by atoms with Gasteiger partial charge in [0.2, 0.25) is 0 Å². The van der Waals surface area contributed by atoms with Gasteiger partial charge in [-0.1, -0.05) is 55.9 Å². The fraction of sp³-hybridized carbons (Fsp3) is 0.519. The molecule has 1 aliphatic rings. The summed E-state index contributed by atoms with van der Waals surface area (Å²) in [7, 11) is -2.76. The number of nitrogen functional groups attached to an aromatic ring is 1. The maximum absolute atomic E-state index is 13.9. The molecular formula is C27H37ClN7O8PS. The van der Waals surface area contributed by atoms with Crippen LogP contribution in [0.5, 0.6) is 0 Å². The molecule has 45 heavy (non-hydrogen) atoms. The lowest BCUT2D eigenvalue weighted by Crippen LogP contribution is -2.40. The second-order valence-corrected chi connectivity index (χ2v) is 14.7. The van der Waals surface area contributed by atoms with Crippen molar-refractivity contribution < 1.29 is 37.8 Å². The van der Waals surface area contributed by atoms with Crippen molar-refractivity contribution in [1.82, 2.24) is 29.9 Å². The molecule has 5 N–H and O–H groups in total. The zero-order valence-electron chi connectivity index (χ0n) is 25.2. The number of carbonyl (C=O) groups is 2. The number of aliphatic hydroxyl groups is 1. The van der Waals surface area contributed by atoms with Gasteiger partial charge in [-0.05, 0) is 12.5 Å². The number of alkyl carbamates (subject to hydrolysis) is 1. The molecule has 0 unspecified atom stereocenters. The summed E-state index contributed by atoms with van der Waals surface area (Å²) in [5, 5.41) is 16.3. The maximum atomic E-state index is 13.9. The number of benzene rings is 1. The number of amides is 1. The molecule has 1 fully saturated rings. The highest BCUT2D eigenvalue weighted by Crippen LogP contribution is 2.48. The number of carbonyl (C=O) groups excluding carboxylic acids is 2. The van der Waals surface area contributed by atoms with Crippen molar-refractivity contribution in [3.8, 4) is 0 Å². The lowest BCUT2D eigenvalue weighted by molar-refractivity contribution is -0.117. The minimum Gasteiger partial charge on any atom is -0.453 e. The van der Waals surface area contributed by atoms with Crippen LogP contribution in [0, 0.1) is 5.41 Å². The first kappa shape index (κ1) is 35.0. The van der Waals surface area contributed by atoms with Crippen molar-refractivity contribution >= 4 is 59.3 Å². The average molecular weight is 686 g/mol. The summed E-state index contributed by atoms with van der Waals surface area (Å²) in [6, 6.07) is 9.22. The van der Waals surface area contributed by atoms with Gasteiger partial charge in [0.15, 0.2) is 22.8 Å². The Labute approximate surface area is 269 Å². The summed E-state index contributed by atoms with van der Waals surface area (Å²) in [6.45, 7) is 4.75. The number of rotatable bonds is 14. The first-order chi connectivity index (χ1) is 21.3. The molecule has 0 spiro atoms. The van der Waals surface area contributed by atoms with E-state index in [0.717, 1.165) is 17.3 Å². The molecule has 3 aromatic rings. The van der Waals surface area contributed by atoms with Gasteiger partial charge in [-0.25, -0.2) is 29.4 Å². The molecule has 3 heterocycles. The number of nitrogens with zero attached hydrogens (tertiary/aromatic N) is 4. The quantitative estimate of drug-likeness (QED) is 0.109. The van der Waals surface area contributed by atoms with E-state index < -0.39 is 42.6 Å². The second kappa shape index (κ2) is 14.7. The Morgan fingerprint density at radius 3 is 2.69 bits per heavy atom. The zero-order valence-corrected chi connectivity index (χ0v) is 27.7. The van der Waals surface area contributed by atoms with E-state index in [1.54, 1.807) is 25.3 Å². The zero-order chi connectivity index (χ0) is 32.8. The minimum absolute atomic E-state index is 0.0754. The summed E-state index contributed by atoms with van der Waals surface area (Å²) in [6.07, 6.45) is -1.11. The van der Waals surface area contributed by atoms with Crippen LogP contribution in [0.4, 0.5) is 10.6 Å². The fourth-order valence-corrected chi connectivity index (χ4v) is 6.94. The van der Waals surface area contributed by atoms with E-state index >= 15 is 0 Å². The topological polar surface area (TPSA) is 202 Å². The van der Waals surface area contributed by atoms with E-state index in [9.17, 15) is 19.3 Å². The summed E-state index contributed by atoms with van der Waals surface area (Å²) in [5.74, 6) is 0.335. The first-order valence-corrected chi connectivity index (χ1v) is 16.8. The lowest BCUT2D eigenvalue weighted by atomic mass is 9.96. The summed E-state index contributed by atoms with van der Waals surface area (Å²) in [4.78, 5) is 35.2. The molecule has 18 heteroatoms. The predicted octanol–water partition coefficient (Wildman–Crippen LogP) is 3.24. The molecule has 15 nitrogen and oxygen atoms in total. The van der Waals surface area contributed by atoms with Crippen LogP contribution in [0.15, 0.2) is 43.0 Å². The number of aliphatic hydroxyl groups excluding tert-OH is 1. The highest BCUT2D eigenvalue weighted by molar-refractivity contribution is 8.13. The van der Waals surface area contributed by atoms with Crippen molar-refractivity contribution in [3.05, 3.63) is 48.5 Å². The number of nitrogens with two attached hydrogens (primary N) is 1. The average Bonchev–Trinajstić information content (AvgIpc) is 3.55. The number of hydrogen-bond donors (Lipinski definition) is 4. The van der Waals surface area contributed by atoms with E-state index in [1.807, 2.05) is 30.3 Å². The van der Waals surface area contributed by atoms with Gasteiger partial charge in [0.25, 0.3) is 0 Å². The molecule has 0 bridgehead atoms. The fourth-order valence-electron chi connectivity index (χ4n) is 4.40. The number of nitrogens with one attached hydrogen (secondary N) is 2. The Hall–Kier alpha value is -2.82. The molecule has 1 saturated heterocycles. The van der Waals surface area contributed by atoms with Crippen molar-refractivity contribution in [2.24, 2.45) is 5.41 Å². The van der Waals surface area contributed by atoms with Crippen LogP contribution in [0.2, 0.25) is 0 Å². The number of methoxy groups -OCH3 is 1. The van der Waals surface area contributed by atoms with Crippen molar-refractivity contribution in [2.45, 2.75) is 50.6 Å². The van der Waals surface area contributed by atoms with Crippen LogP contribution in [0.3, 0.4) is 0 Å². The molecule has 1 amide bonds. The van der Waals surface area contributed by atoms with E-state index in [-0.39, 0.29) is 43.0 Å². The van der Waals surface area contributed by atoms with E-state index in [2.05, 4.69) is 30.1 Å². The van der Waals surface area contributed by atoms with Crippen LogP contribution >= 0.6 is 31.1 Å². The standard InChI is InChI=1S/C27H37ClN7O8PS/c1-26(2,14-30-25(38)40-4)24(37)45-11-10-41-44(39,34-12-17-8-6-5-7-9-17)42-13-18-20(36)27(3,28)23(43-18)35-16-33-19-21(29)31-15-32-22(19)35/h5-9,15-16,18,20,23,36H,10-14H2,1-4H3,(H,30,38)(H,34,39)(H2,29,31,32)/t18-,20-,23-,27-,44-/m1/s1. The van der Waals surface area contributed by atoms with Crippen LogP contribution in [0.25, 0.3) is 11.2 Å². The molecule has 2 aromatic heterocycles. The lowest BCUT2D eigenvalue weighted by Gasteiger charge is -2.26. The van der Waals surface area contributed by atoms with E-state index in [0.29, 0.717) is 11.2 Å². The third kappa shape index (κ3) is 8.51. The van der Waals surface area contributed by atoms with Gasteiger partial charge in [-0.2, -0.15) is 0 Å². The Morgan fingerprint density at radius 2 is 1.98 bits per heavy atom. The third-order valence-corrected chi connectivity index (χ3v) is 10.2. The molecular weight excluding hydrogens is 649 g/mol. The minimum atomic E-state index is -4.00. The highest BCUT2D eigenvalue weighted by Gasteiger charge is 2.54. The summed E-state index contributed by atoms with van der Waals surface area (Å²) in [5.41, 5.74) is 6.57. The van der Waals surface area contributed by atoms with E-state index in [1.165, 1.54) is 19.8 Å². The maximum Gasteiger partial charge on any atom is 0.406 e. The summed E-state index contributed by atoms with van der Waals surface area (Å²) < 4.78 is 37.5. The molecule has 1 aromatic carbocycles. The number of alkyl halides is 1. The van der Waals surface area contributed by atoms with Crippen molar-refractivity contribution in [1.29, 1.82) is 0 Å². The van der Waals surface area contributed by atoms with E-state index in [4.69, 9.17) is 31.1 Å². The van der Waals surface area contributed by atoms with Gasteiger partial charge in [-0.15, -0.1) is 11.6 Å². The summed E-state index contributed by atoms with van der Waals surface area (Å²) >= 11 is 7.76.